The summed E-state index contributed by atoms with van der Waals surface area (Å²) in [5, 5.41) is 19.9. The third-order valence-corrected chi connectivity index (χ3v) is 12.1. The molecule has 2 aliphatic heterocycles. The number of carbonyl (C=O) groups is 12. The maximum atomic E-state index is 14.4. The minimum Gasteiger partial charge on any atom is -0.508 e. The number of nitrogens with two attached hydrogens (primary N) is 3. The van der Waals surface area contributed by atoms with Crippen LogP contribution in [0.4, 0.5) is 0 Å². The molecule has 66 heavy (non-hydrogen) atoms. The van der Waals surface area contributed by atoms with Crippen LogP contribution >= 0.6 is 0 Å². The van der Waals surface area contributed by atoms with Gasteiger partial charge in [-0.25, -0.2) is 0 Å². The van der Waals surface area contributed by atoms with Crippen LogP contribution in [0, 0.1) is 29.6 Å². The van der Waals surface area contributed by atoms with Gasteiger partial charge in [0.2, 0.25) is 47.3 Å². The lowest BCUT2D eigenvalue weighted by Gasteiger charge is -2.30. The summed E-state index contributed by atoms with van der Waals surface area (Å²) in [6.07, 6.45) is -2.97. The number of amides is 8. The van der Waals surface area contributed by atoms with Gasteiger partial charge in [-0.3, -0.25) is 57.5 Å². The van der Waals surface area contributed by atoms with Gasteiger partial charge in [0.25, 0.3) is 0 Å². The fourth-order valence-corrected chi connectivity index (χ4v) is 8.08. The first-order valence-electron chi connectivity index (χ1n) is 22.3. The number of hydrogen-bond acceptors (Lipinski definition) is 13. The molecule has 362 valence electrons. The zero-order valence-electron chi connectivity index (χ0n) is 37.8. The Morgan fingerprint density at radius 2 is 1.50 bits per heavy atom. The average molecular weight is 925 g/mol. The van der Waals surface area contributed by atoms with Crippen molar-refractivity contribution in [1.29, 1.82) is 0 Å². The van der Waals surface area contributed by atoms with Crippen LogP contribution in [0.15, 0.2) is 24.3 Å². The molecular weight excluding hydrogens is 861 g/mol. The standard InChI is InChI=1S/C45H64N8O13/c1-4-24(2)41-36(58)19-27(9-13-37(46)59)43(64)51-32(21-38(47)60)34(56)20-28(45(66)53-15-5-6-33(53)35(57)16-25(3)42(63)50-23-39(48)61)10-14-40(62)49-22-31(55)18-29(44(65)52-41)17-26-7-11-30(54)12-8-26/h7-8,11-12,24-25,27-29,32-33,41,54H,4-6,9-10,13-23H2,1-3H3,(H2,46,59)(H2,47,60)(H2,48,61)(H,49,62)(H,50,63)(H,51,64)(H,52,65)/t24-,25+,27+,28+,29+,32-,33-,41-/m0/s1. The van der Waals surface area contributed by atoms with E-state index in [4.69, 9.17) is 17.2 Å². The first-order chi connectivity index (χ1) is 31.1. The monoisotopic (exact) mass is 924 g/mol. The number of nitrogens with zero attached hydrogens (tertiary/aromatic N) is 1. The fourth-order valence-electron chi connectivity index (χ4n) is 8.08. The zero-order valence-corrected chi connectivity index (χ0v) is 37.8. The van der Waals surface area contributed by atoms with E-state index in [1.165, 1.54) is 24.0 Å². The van der Waals surface area contributed by atoms with Gasteiger partial charge in [0.05, 0.1) is 37.6 Å². The van der Waals surface area contributed by atoms with Crippen molar-refractivity contribution < 1.29 is 62.6 Å². The highest BCUT2D eigenvalue weighted by molar-refractivity contribution is 5.99. The molecule has 1 aromatic carbocycles. The molecular formula is C45H64N8O13. The Labute approximate surface area is 382 Å². The molecule has 8 amide bonds. The first kappa shape index (κ1) is 53.8. The summed E-state index contributed by atoms with van der Waals surface area (Å²) in [4.78, 5) is 160. The number of ketones is 4. The minimum absolute atomic E-state index is 0.00265. The second kappa shape index (κ2) is 25.8. The lowest BCUT2D eigenvalue weighted by molar-refractivity contribution is -0.144. The quantitative estimate of drug-likeness (QED) is 0.0979. The molecule has 0 radical (unpaired) electrons. The zero-order chi connectivity index (χ0) is 49.2. The Morgan fingerprint density at radius 1 is 0.833 bits per heavy atom. The minimum atomic E-state index is -1.64. The number of phenols is 1. The number of primary amides is 3. The van der Waals surface area contributed by atoms with Gasteiger partial charge in [-0.1, -0.05) is 39.3 Å². The van der Waals surface area contributed by atoms with Crippen molar-refractivity contribution in [3.05, 3.63) is 29.8 Å². The molecule has 1 aromatic rings. The Kier molecular flexibility index (Phi) is 21.0. The van der Waals surface area contributed by atoms with E-state index in [2.05, 4.69) is 21.3 Å². The summed E-state index contributed by atoms with van der Waals surface area (Å²) in [7, 11) is 0. The van der Waals surface area contributed by atoms with Crippen molar-refractivity contribution >= 4 is 70.4 Å². The molecule has 0 unspecified atom stereocenters. The van der Waals surface area contributed by atoms with Gasteiger partial charge in [-0.15, -0.1) is 0 Å². The highest BCUT2D eigenvalue weighted by Crippen LogP contribution is 2.27. The van der Waals surface area contributed by atoms with Crippen LogP contribution in [0.3, 0.4) is 0 Å². The predicted octanol–water partition coefficient (Wildman–Crippen LogP) is -1.08. The van der Waals surface area contributed by atoms with Gasteiger partial charge in [0.15, 0.2) is 23.1 Å². The van der Waals surface area contributed by atoms with Crippen LogP contribution < -0.4 is 38.5 Å². The van der Waals surface area contributed by atoms with E-state index in [0.29, 0.717) is 18.4 Å². The van der Waals surface area contributed by atoms with Crippen molar-refractivity contribution in [1.82, 2.24) is 26.2 Å². The summed E-state index contributed by atoms with van der Waals surface area (Å²) >= 11 is 0. The van der Waals surface area contributed by atoms with Gasteiger partial charge in [0.1, 0.15) is 5.75 Å². The normalized spacial score (nSPS) is 24.0. The molecule has 11 N–H and O–H groups in total. The molecule has 3 rings (SSSR count). The largest absolute Gasteiger partial charge is 0.508 e. The van der Waals surface area contributed by atoms with Crippen molar-refractivity contribution in [2.75, 3.05) is 19.6 Å². The first-order valence-corrected chi connectivity index (χ1v) is 22.3. The molecule has 8 atom stereocenters. The van der Waals surface area contributed by atoms with E-state index in [9.17, 15) is 62.6 Å². The van der Waals surface area contributed by atoms with Crippen molar-refractivity contribution in [3.63, 3.8) is 0 Å². The highest BCUT2D eigenvalue weighted by atomic mass is 16.3. The second-order valence-corrected chi connectivity index (χ2v) is 17.4. The van der Waals surface area contributed by atoms with Gasteiger partial charge in [-0.05, 0) is 55.7 Å². The number of nitrogens with one attached hydrogen (secondary N) is 4. The smallest absolute Gasteiger partial charge is 0.236 e. The highest BCUT2D eigenvalue weighted by Gasteiger charge is 2.40. The second-order valence-electron chi connectivity index (χ2n) is 17.4. The third-order valence-electron chi connectivity index (χ3n) is 12.1. The summed E-state index contributed by atoms with van der Waals surface area (Å²) in [6.45, 7) is 4.05. The molecule has 0 saturated carbocycles. The SMILES string of the molecule is CC[C@H](C)[C@@H]1NC(=O)[C@H](Cc2ccc(O)cc2)CC(=O)CNC(=O)CC[C@@H](C(=O)N2CCC[C@H]2C(=O)C[C@@H](C)C(=O)NCC(N)=O)CC(=O)[C@H](CC(N)=O)NC(=O)[C@H](CCC(N)=O)CC1=O. The summed E-state index contributed by atoms with van der Waals surface area (Å²) < 4.78 is 0. The van der Waals surface area contributed by atoms with Crippen LogP contribution in [0.2, 0.25) is 0 Å². The van der Waals surface area contributed by atoms with Crippen molar-refractivity contribution in [2.24, 2.45) is 46.8 Å². The number of benzene rings is 1. The Hall–Kier alpha value is -6.54. The van der Waals surface area contributed by atoms with Crippen LogP contribution in [0.1, 0.15) is 103 Å². The molecule has 21 heteroatoms. The van der Waals surface area contributed by atoms with Crippen LogP contribution in [0.25, 0.3) is 0 Å². The number of carbonyl (C=O) groups excluding carboxylic acids is 12. The Morgan fingerprint density at radius 3 is 2.12 bits per heavy atom. The van der Waals surface area contributed by atoms with Gasteiger partial charge in [-0.2, -0.15) is 0 Å². The predicted molar refractivity (Wildman–Crippen MR) is 235 cm³/mol. The van der Waals surface area contributed by atoms with Crippen LogP contribution in [0.5, 0.6) is 5.75 Å². The van der Waals surface area contributed by atoms with Crippen LogP contribution in [-0.4, -0.2) is 118 Å². The molecule has 2 aliphatic rings. The number of hydrogen-bond donors (Lipinski definition) is 8. The van der Waals surface area contributed by atoms with E-state index in [0.717, 1.165) is 0 Å². The molecule has 21 nitrogen and oxygen atoms in total. The third kappa shape index (κ3) is 17.1. The van der Waals surface area contributed by atoms with E-state index >= 15 is 0 Å². The van der Waals surface area contributed by atoms with Crippen LogP contribution in [-0.2, 0) is 64.0 Å². The number of rotatable bonds is 16. The van der Waals surface area contributed by atoms with E-state index in [1.54, 1.807) is 26.0 Å². The van der Waals surface area contributed by atoms with E-state index in [-0.39, 0.29) is 57.2 Å². The number of phenolic OH excluding ortho intramolecular Hbond substituents is 1. The number of likely N-dealkylation sites (tertiary alicyclic amines) is 1. The van der Waals surface area contributed by atoms with Gasteiger partial charge in [0, 0.05) is 68.7 Å². The van der Waals surface area contributed by atoms with Crippen molar-refractivity contribution in [3.8, 4) is 5.75 Å². The molecule has 2 saturated heterocycles. The summed E-state index contributed by atoms with van der Waals surface area (Å²) in [5.74, 6) is -13.8. The molecule has 2 fully saturated rings. The number of Topliss-reactive ketones (excluding diaryl/α,β-unsaturated/α-hetero) is 4. The molecule has 2 heterocycles. The Balaban J connectivity index is 2.04. The topological polar surface area (TPSA) is 354 Å². The molecule has 0 spiro atoms. The molecule has 0 aromatic heterocycles. The summed E-state index contributed by atoms with van der Waals surface area (Å²) in [6, 6.07) is 2.09. The lowest BCUT2D eigenvalue weighted by atomic mass is 9.86. The van der Waals surface area contributed by atoms with Gasteiger partial charge >= 0.3 is 0 Å². The molecule has 0 aliphatic carbocycles. The number of aromatic hydroxyl groups is 1. The lowest BCUT2D eigenvalue weighted by Crippen LogP contribution is -2.50. The molecule has 0 bridgehead atoms. The van der Waals surface area contributed by atoms with Crippen molar-refractivity contribution in [2.45, 2.75) is 122 Å². The maximum absolute atomic E-state index is 14.4. The maximum Gasteiger partial charge on any atom is 0.236 e. The average Bonchev–Trinajstić information content (AvgIpc) is 3.76. The Bertz CT molecular complexity index is 2010. The fraction of sp³-hybridized carbons (Fsp3) is 0.600. The summed E-state index contributed by atoms with van der Waals surface area (Å²) in [5.41, 5.74) is 16.6. The van der Waals surface area contributed by atoms with E-state index in [1.807, 2.05) is 0 Å². The van der Waals surface area contributed by atoms with Gasteiger partial charge < -0.3 is 48.5 Å². The van der Waals surface area contributed by atoms with E-state index < -0.39 is 157 Å².